The lowest BCUT2D eigenvalue weighted by Crippen LogP contribution is -2.45. The Morgan fingerprint density at radius 3 is 2.67 bits per heavy atom. The van der Waals surface area contributed by atoms with E-state index in [-0.39, 0.29) is 19.1 Å². The molecule has 1 heterocycles. The fraction of sp³-hybridized carbons (Fsp3) is 0.412. The minimum Gasteiger partial charge on any atom is -0.497 e. The van der Waals surface area contributed by atoms with Crippen LogP contribution < -0.4 is 10.5 Å². The Bertz CT molecular complexity index is 654. The second-order valence-electron chi connectivity index (χ2n) is 5.64. The van der Waals surface area contributed by atoms with Crippen molar-refractivity contribution in [1.29, 1.82) is 0 Å². The molecule has 1 atom stereocenters. The SMILES string of the molecule is COc1ccc(C[C@H](N)C(=O)N(CCO)Cc2cncn2C)cc1. The minimum absolute atomic E-state index is 0.112. The number of ether oxygens (including phenoxy) is 1. The predicted octanol–water partition coefficient (Wildman–Crippen LogP) is 0.320. The average molecular weight is 332 g/mol. The van der Waals surface area contributed by atoms with Crippen LogP contribution in [0, 0.1) is 0 Å². The number of aliphatic hydroxyl groups excluding tert-OH is 1. The highest BCUT2D eigenvalue weighted by atomic mass is 16.5. The summed E-state index contributed by atoms with van der Waals surface area (Å²) in [6, 6.07) is 6.80. The molecule has 0 unspecified atom stereocenters. The highest BCUT2D eigenvalue weighted by Gasteiger charge is 2.22. The summed E-state index contributed by atoms with van der Waals surface area (Å²) in [6.07, 6.45) is 3.80. The molecule has 2 rings (SSSR count). The van der Waals surface area contributed by atoms with E-state index in [1.54, 1.807) is 24.5 Å². The number of hydrogen-bond acceptors (Lipinski definition) is 5. The van der Waals surface area contributed by atoms with Crippen molar-refractivity contribution in [2.24, 2.45) is 12.8 Å². The van der Waals surface area contributed by atoms with Crippen molar-refractivity contribution in [3.05, 3.63) is 48.0 Å². The minimum atomic E-state index is -0.668. The van der Waals surface area contributed by atoms with E-state index in [0.717, 1.165) is 17.0 Å². The molecule has 3 N–H and O–H groups in total. The maximum atomic E-state index is 12.6. The normalized spacial score (nSPS) is 12.0. The van der Waals surface area contributed by atoms with Crippen LogP contribution in [0.2, 0.25) is 0 Å². The third-order valence-electron chi connectivity index (χ3n) is 3.88. The first-order chi connectivity index (χ1) is 11.5. The number of aromatic nitrogens is 2. The first-order valence-corrected chi connectivity index (χ1v) is 7.78. The van der Waals surface area contributed by atoms with E-state index < -0.39 is 6.04 Å². The van der Waals surface area contributed by atoms with E-state index in [0.29, 0.717) is 13.0 Å². The number of amides is 1. The van der Waals surface area contributed by atoms with Gasteiger partial charge in [0.05, 0.1) is 38.3 Å². The van der Waals surface area contributed by atoms with Gasteiger partial charge in [-0.2, -0.15) is 0 Å². The van der Waals surface area contributed by atoms with Crippen molar-refractivity contribution in [2.75, 3.05) is 20.3 Å². The number of nitrogens with two attached hydrogens (primary N) is 1. The van der Waals surface area contributed by atoms with Gasteiger partial charge in [0.15, 0.2) is 0 Å². The van der Waals surface area contributed by atoms with E-state index in [4.69, 9.17) is 10.5 Å². The molecule has 1 aromatic carbocycles. The molecule has 0 aliphatic rings. The Morgan fingerprint density at radius 2 is 2.12 bits per heavy atom. The number of nitrogens with zero attached hydrogens (tertiary/aromatic N) is 3. The number of aliphatic hydroxyl groups is 1. The van der Waals surface area contributed by atoms with Gasteiger partial charge < -0.3 is 25.0 Å². The molecule has 0 spiro atoms. The Kier molecular flexibility index (Phi) is 6.34. The number of aryl methyl sites for hydroxylation is 1. The summed E-state index contributed by atoms with van der Waals surface area (Å²) >= 11 is 0. The molecule has 0 saturated heterocycles. The number of carbonyl (C=O) groups excluding carboxylic acids is 1. The number of hydrogen-bond donors (Lipinski definition) is 2. The lowest BCUT2D eigenvalue weighted by Gasteiger charge is -2.25. The van der Waals surface area contributed by atoms with Crippen molar-refractivity contribution in [3.63, 3.8) is 0 Å². The van der Waals surface area contributed by atoms with Crippen molar-refractivity contribution >= 4 is 5.91 Å². The molecular weight excluding hydrogens is 308 g/mol. The van der Waals surface area contributed by atoms with E-state index in [1.165, 1.54) is 0 Å². The van der Waals surface area contributed by atoms with Crippen LogP contribution in [0.5, 0.6) is 5.75 Å². The zero-order valence-corrected chi connectivity index (χ0v) is 14.1. The molecular formula is C17H24N4O3. The molecule has 1 amide bonds. The quantitative estimate of drug-likeness (QED) is 0.726. The predicted molar refractivity (Wildman–Crippen MR) is 90.4 cm³/mol. The Labute approximate surface area is 141 Å². The van der Waals surface area contributed by atoms with Crippen molar-refractivity contribution < 1.29 is 14.6 Å². The molecule has 0 saturated carbocycles. The van der Waals surface area contributed by atoms with Gasteiger partial charge in [0, 0.05) is 19.8 Å². The molecule has 0 aliphatic carbocycles. The summed E-state index contributed by atoms with van der Waals surface area (Å²) in [5, 5.41) is 9.24. The van der Waals surface area contributed by atoms with Crippen LogP contribution >= 0.6 is 0 Å². The second-order valence-corrected chi connectivity index (χ2v) is 5.64. The smallest absolute Gasteiger partial charge is 0.240 e. The highest BCUT2D eigenvalue weighted by Crippen LogP contribution is 2.13. The summed E-state index contributed by atoms with van der Waals surface area (Å²) in [5.41, 5.74) is 7.93. The Balaban J connectivity index is 2.02. The van der Waals surface area contributed by atoms with Crippen LogP contribution in [0.1, 0.15) is 11.3 Å². The van der Waals surface area contributed by atoms with Crippen molar-refractivity contribution in [1.82, 2.24) is 14.5 Å². The van der Waals surface area contributed by atoms with Gasteiger partial charge >= 0.3 is 0 Å². The Hall–Kier alpha value is -2.38. The highest BCUT2D eigenvalue weighted by molar-refractivity contribution is 5.82. The van der Waals surface area contributed by atoms with E-state index in [1.807, 2.05) is 35.9 Å². The van der Waals surface area contributed by atoms with E-state index in [2.05, 4.69) is 4.98 Å². The largest absolute Gasteiger partial charge is 0.497 e. The first kappa shape index (κ1) is 18.0. The van der Waals surface area contributed by atoms with E-state index >= 15 is 0 Å². The molecule has 0 aliphatic heterocycles. The molecule has 130 valence electrons. The van der Waals surface area contributed by atoms with Gasteiger partial charge in [-0.15, -0.1) is 0 Å². The number of benzene rings is 1. The molecule has 0 fully saturated rings. The molecule has 0 radical (unpaired) electrons. The molecule has 24 heavy (non-hydrogen) atoms. The summed E-state index contributed by atoms with van der Waals surface area (Å²) in [7, 11) is 3.47. The monoisotopic (exact) mass is 332 g/mol. The van der Waals surface area contributed by atoms with Crippen LogP contribution in [0.15, 0.2) is 36.8 Å². The lowest BCUT2D eigenvalue weighted by atomic mass is 10.1. The van der Waals surface area contributed by atoms with Crippen molar-refractivity contribution in [2.45, 2.75) is 19.0 Å². The second kappa shape index (κ2) is 8.47. The van der Waals surface area contributed by atoms with Crippen LogP contribution in [0.3, 0.4) is 0 Å². The zero-order chi connectivity index (χ0) is 17.5. The summed E-state index contributed by atoms with van der Waals surface area (Å²) in [5.74, 6) is 0.567. The topological polar surface area (TPSA) is 93.6 Å². The molecule has 2 aromatic rings. The molecule has 0 bridgehead atoms. The third kappa shape index (κ3) is 4.56. The fourth-order valence-electron chi connectivity index (χ4n) is 2.46. The van der Waals surface area contributed by atoms with Crippen LogP contribution in [-0.2, 0) is 24.8 Å². The summed E-state index contributed by atoms with van der Waals surface area (Å²) in [4.78, 5) is 18.2. The number of methoxy groups -OCH3 is 1. The fourth-order valence-corrected chi connectivity index (χ4v) is 2.46. The number of rotatable bonds is 8. The standard InChI is InChI=1S/C17H24N4O3/c1-20-12-19-10-14(20)11-21(7-8-22)17(23)16(18)9-13-3-5-15(24-2)6-4-13/h3-6,10,12,16,22H,7-9,11,18H2,1-2H3/t16-/m0/s1. The van der Waals surface area contributed by atoms with Crippen LogP contribution in [0.25, 0.3) is 0 Å². The van der Waals surface area contributed by atoms with Gasteiger partial charge in [-0.25, -0.2) is 4.98 Å². The molecule has 1 aromatic heterocycles. The maximum absolute atomic E-state index is 12.6. The van der Waals surface area contributed by atoms with Gasteiger partial charge in [-0.1, -0.05) is 12.1 Å². The number of imidazole rings is 1. The van der Waals surface area contributed by atoms with Gasteiger partial charge in [-0.05, 0) is 24.1 Å². The lowest BCUT2D eigenvalue weighted by molar-refractivity contribution is -0.133. The van der Waals surface area contributed by atoms with Gasteiger partial charge in [0.2, 0.25) is 5.91 Å². The third-order valence-corrected chi connectivity index (χ3v) is 3.88. The number of carbonyl (C=O) groups is 1. The van der Waals surface area contributed by atoms with Crippen LogP contribution in [-0.4, -0.2) is 51.8 Å². The Morgan fingerprint density at radius 1 is 1.42 bits per heavy atom. The maximum Gasteiger partial charge on any atom is 0.240 e. The van der Waals surface area contributed by atoms with E-state index in [9.17, 15) is 9.90 Å². The first-order valence-electron chi connectivity index (χ1n) is 7.78. The average Bonchev–Trinajstić information content (AvgIpc) is 2.99. The van der Waals surface area contributed by atoms with Gasteiger partial charge in [0.25, 0.3) is 0 Å². The zero-order valence-electron chi connectivity index (χ0n) is 14.1. The molecule has 7 heteroatoms. The van der Waals surface area contributed by atoms with Crippen LogP contribution in [0.4, 0.5) is 0 Å². The van der Waals surface area contributed by atoms with Gasteiger partial charge in [0.1, 0.15) is 5.75 Å². The summed E-state index contributed by atoms with van der Waals surface area (Å²) in [6.45, 7) is 0.491. The van der Waals surface area contributed by atoms with Gasteiger partial charge in [-0.3, -0.25) is 4.79 Å². The summed E-state index contributed by atoms with van der Waals surface area (Å²) < 4.78 is 6.96. The molecule has 7 nitrogen and oxygen atoms in total. The van der Waals surface area contributed by atoms with Crippen molar-refractivity contribution in [3.8, 4) is 5.75 Å².